The Morgan fingerprint density at radius 3 is 2.19 bits per heavy atom. The molecule has 4 aromatic heterocycles. The van der Waals surface area contributed by atoms with Crippen molar-refractivity contribution in [3.05, 3.63) is 106 Å². The molecule has 1 amide bonds. The summed E-state index contributed by atoms with van der Waals surface area (Å²) in [7, 11) is 0. The molecule has 0 aliphatic rings. The van der Waals surface area contributed by atoms with Crippen molar-refractivity contribution in [2.24, 2.45) is 4.99 Å². The summed E-state index contributed by atoms with van der Waals surface area (Å²) in [5.74, 6) is -2.30. The van der Waals surface area contributed by atoms with Crippen molar-refractivity contribution in [1.82, 2.24) is 0 Å². The summed E-state index contributed by atoms with van der Waals surface area (Å²) in [6.45, 7) is 1.86. The van der Waals surface area contributed by atoms with E-state index in [9.17, 15) is 9.59 Å². The zero-order valence-corrected chi connectivity index (χ0v) is 24.4. The molecule has 4 heterocycles. The van der Waals surface area contributed by atoms with Crippen molar-refractivity contribution in [2.45, 2.75) is 12.8 Å². The van der Waals surface area contributed by atoms with Gasteiger partial charge in [-0.3, -0.25) is 15.0 Å². The van der Waals surface area contributed by atoms with Gasteiger partial charge in [0.05, 0.1) is 17.4 Å². The maximum atomic E-state index is 13.7. The van der Waals surface area contributed by atoms with Crippen LogP contribution in [0, 0.1) is 5.41 Å². The van der Waals surface area contributed by atoms with Crippen LogP contribution in [0.3, 0.4) is 0 Å². The van der Waals surface area contributed by atoms with Crippen LogP contribution in [0.5, 0.6) is 0 Å². The number of nitrogens with zero attached hydrogens (tertiary/aromatic N) is 1. The van der Waals surface area contributed by atoms with Gasteiger partial charge in [-0.2, -0.15) is 0 Å². The van der Waals surface area contributed by atoms with Crippen LogP contribution in [0.4, 0.5) is 10.0 Å². The Morgan fingerprint density at radius 2 is 1.47 bits per heavy atom. The van der Waals surface area contributed by atoms with Gasteiger partial charge in [-0.05, 0) is 24.6 Å². The fraction of sp³-hybridized carbons (Fsp3) is 0.0909. The van der Waals surface area contributed by atoms with E-state index in [4.69, 9.17) is 24.0 Å². The Balaban J connectivity index is 1.42. The van der Waals surface area contributed by atoms with Crippen LogP contribution in [-0.4, -0.2) is 18.5 Å². The average Bonchev–Trinajstić information content (AvgIpc) is 3.64. The highest BCUT2D eigenvalue weighted by Crippen LogP contribution is 2.37. The third-order valence-electron chi connectivity index (χ3n) is 7.13. The molecule has 8 nitrogen and oxygen atoms in total. The van der Waals surface area contributed by atoms with Gasteiger partial charge < -0.3 is 18.9 Å². The van der Waals surface area contributed by atoms with Gasteiger partial charge in [-0.15, -0.1) is 22.7 Å². The second-order valence-corrected chi connectivity index (χ2v) is 11.4. The topological polar surface area (TPSA) is 118 Å². The number of nitrogens with one attached hydrogen (secondary N) is 2. The summed E-state index contributed by atoms with van der Waals surface area (Å²) < 4.78 is 17.4. The van der Waals surface area contributed by atoms with Crippen LogP contribution < -0.4 is 16.4 Å². The summed E-state index contributed by atoms with van der Waals surface area (Å²) in [5.41, 5.74) is 2.06. The third-order valence-corrected chi connectivity index (χ3v) is 8.90. The van der Waals surface area contributed by atoms with E-state index in [1.165, 1.54) is 22.7 Å². The number of anilines is 1. The Labute approximate surface area is 252 Å². The first-order valence-electron chi connectivity index (χ1n) is 13.5. The van der Waals surface area contributed by atoms with E-state index in [-0.39, 0.29) is 17.7 Å². The van der Waals surface area contributed by atoms with E-state index < -0.39 is 17.8 Å². The van der Waals surface area contributed by atoms with Crippen LogP contribution in [-0.2, 0) is 14.3 Å². The number of ether oxygens (including phenoxy) is 1. The first-order valence-corrected chi connectivity index (χ1v) is 15.3. The summed E-state index contributed by atoms with van der Waals surface area (Å²) in [6.07, 6.45) is 0. The van der Waals surface area contributed by atoms with Crippen molar-refractivity contribution in [2.75, 3.05) is 11.9 Å². The molecule has 0 radical (unpaired) electrons. The molecule has 0 saturated heterocycles. The van der Waals surface area contributed by atoms with Crippen LogP contribution >= 0.6 is 22.7 Å². The minimum atomic E-state index is -1.15. The standard InChI is InChI=1S/C33H23N3O5S2/c1-2-39-33(38)25(18-10-4-3-5-11-18)29(37)35-32-27-22(17-43-32)20-13-7-9-15-24(20)41-30(27)36-31-26-21(16-42-31)19-12-6-8-14-23(19)40-28(26)34/h3-17,25,34H,2H2,1H3,(H,35,37)/b34-28?,36-30-. The highest BCUT2D eigenvalue weighted by atomic mass is 32.1. The van der Waals surface area contributed by atoms with Gasteiger partial charge in [-0.25, -0.2) is 4.99 Å². The molecule has 1 unspecified atom stereocenters. The van der Waals surface area contributed by atoms with E-state index >= 15 is 0 Å². The van der Waals surface area contributed by atoms with Gasteiger partial charge in [0.15, 0.2) is 5.92 Å². The number of carbonyl (C=O) groups is 2. The number of para-hydroxylation sites is 2. The largest absolute Gasteiger partial charge is 0.465 e. The van der Waals surface area contributed by atoms with E-state index in [1.807, 2.05) is 65.4 Å². The molecular formula is C33H23N3O5S2. The maximum Gasteiger partial charge on any atom is 0.323 e. The van der Waals surface area contributed by atoms with Crippen molar-refractivity contribution in [3.63, 3.8) is 0 Å². The molecule has 43 heavy (non-hydrogen) atoms. The van der Waals surface area contributed by atoms with Crippen LogP contribution in [0.1, 0.15) is 18.4 Å². The minimum Gasteiger partial charge on any atom is -0.465 e. The number of benzene rings is 3. The first kappa shape index (κ1) is 26.8. The number of carbonyl (C=O) groups excluding carboxylic acids is 2. The van der Waals surface area contributed by atoms with Gasteiger partial charge in [0.1, 0.15) is 21.2 Å². The van der Waals surface area contributed by atoms with Crippen molar-refractivity contribution >= 4 is 88.0 Å². The zero-order valence-electron chi connectivity index (χ0n) is 22.7. The number of amides is 1. The molecule has 0 saturated carbocycles. The Hall–Kier alpha value is -5.06. The minimum absolute atomic E-state index is 0.00437. The molecule has 7 rings (SSSR count). The summed E-state index contributed by atoms with van der Waals surface area (Å²) >= 11 is 2.71. The molecule has 3 aromatic carbocycles. The third kappa shape index (κ3) is 4.70. The quantitative estimate of drug-likeness (QED) is 0.149. The van der Waals surface area contributed by atoms with Crippen molar-refractivity contribution in [3.8, 4) is 0 Å². The molecule has 7 aromatic rings. The highest BCUT2D eigenvalue weighted by Gasteiger charge is 2.31. The summed E-state index contributed by atoms with van der Waals surface area (Å²) in [4.78, 5) is 31.6. The predicted octanol–water partition coefficient (Wildman–Crippen LogP) is 7.61. The van der Waals surface area contributed by atoms with E-state index in [0.717, 1.165) is 21.5 Å². The molecular weight excluding hydrogens is 583 g/mol. The number of thiophene rings is 2. The van der Waals surface area contributed by atoms with Crippen molar-refractivity contribution < 1.29 is 23.2 Å². The molecule has 1 atom stereocenters. The van der Waals surface area contributed by atoms with E-state index in [0.29, 0.717) is 37.5 Å². The van der Waals surface area contributed by atoms with Gasteiger partial charge >= 0.3 is 5.97 Å². The molecule has 2 N–H and O–H groups in total. The smallest absolute Gasteiger partial charge is 0.323 e. The Bertz CT molecular complexity index is 2310. The lowest BCUT2D eigenvalue weighted by atomic mass is 9.98. The summed E-state index contributed by atoms with van der Waals surface area (Å²) in [6, 6.07) is 24.0. The lowest BCUT2D eigenvalue weighted by Gasteiger charge is -2.15. The lowest BCUT2D eigenvalue weighted by Crippen LogP contribution is -2.29. The second kappa shape index (κ2) is 11.0. The van der Waals surface area contributed by atoms with Crippen LogP contribution in [0.15, 0.2) is 103 Å². The highest BCUT2D eigenvalue weighted by molar-refractivity contribution is 7.16. The molecule has 0 bridgehead atoms. The average molecular weight is 606 g/mol. The lowest BCUT2D eigenvalue weighted by molar-refractivity contribution is -0.147. The van der Waals surface area contributed by atoms with Gasteiger partial charge in [0.25, 0.3) is 0 Å². The second-order valence-electron chi connectivity index (χ2n) is 9.71. The number of fused-ring (bicyclic) bond motifs is 6. The molecule has 10 heteroatoms. The van der Waals surface area contributed by atoms with Crippen LogP contribution in [0.25, 0.3) is 43.5 Å². The van der Waals surface area contributed by atoms with Crippen LogP contribution in [0.2, 0.25) is 0 Å². The maximum absolute atomic E-state index is 13.7. The first-order chi connectivity index (χ1) is 21.0. The molecule has 212 valence electrons. The van der Waals surface area contributed by atoms with Crippen molar-refractivity contribution in [1.29, 1.82) is 5.41 Å². The molecule has 0 spiro atoms. The van der Waals surface area contributed by atoms with Gasteiger partial charge in [0.2, 0.25) is 17.0 Å². The van der Waals surface area contributed by atoms with E-state index in [1.54, 1.807) is 31.2 Å². The predicted molar refractivity (Wildman–Crippen MR) is 169 cm³/mol. The SMILES string of the molecule is CCOC(=O)C(C(=O)Nc1scc2c1/c(=N/c1scc3c1c(=N)oc1ccccc13)oc1ccccc12)c1ccccc1. The normalized spacial score (nSPS) is 12.7. The fourth-order valence-corrected chi connectivity index (χ4v) is 7.09. The number of rotatable bonds is 6. The molecule has 0 aliphatic carbocycles. The summed E-state index contributed by atoms with van der Waals surface area (Å²) in [5, 5.41) is 21.2. The fourth-order valence-electron chi connectivity index (χ4n) is 5.20. The Kier molecular flexibility index (Phi) is 6.84. The molecule has 0 aliphatic heterocycles. The van der Waals surface area contributed by atoms with Gasteiger partial charge in [0, 0.05) is 32.3 Å². The van der Waals surface area contributed by atoms with E-state index in [2.05, 4.69) is 5.32 Å². The number of hydrogen-bond donors (Lipinski definition) is 2. The van der Waals surface area contributed by atoms with Gasteiger partial charge in [-0.1, -0.05) is 66.7 Å². The molecule has 0 fully saturated rings. The number of hydrogen-bond acceptors (Lipinski definition) is 9. The monoisotopic (exact) mass is 605 g/mol. The zero-order chi connectivity index (χ0) is 29.5. The Morgan fingerprint density at radius 1 is 0.837 bits per heavy atom. The number of esters is 1.